The van der Waals surface area contributed by atoms with Crippen molar-refractivity contribution in [1.29, 1.82) is 0 Å². The predicted octanol–water partition coefficient (Wildman–Crippen LogP) is 1.35. The molecule has 5 nitrogen and oxygen atoms in total. The molecule has 2 aliphatic rings. The highest BCUT2D eigenvalue weighted by Gasteiger charge is 2.31. The number of pyridine rings is 1. The van der Waals surface area contributed by atoms with Crippen LogP contribution in [0.1, 0.15) is 25.5 Å². The zero-order valence-electron chi connectivity index (χ0n) is 10.9. The number of nitrogens with zero attached hydrogens (tertiary/aromatic N) is 2. The van der Waals surface area contributed by atoms with Crippen molar-refractivity contribution in [1.82, 2.24) is 4.98 Å². The van der Waals surface area contributed by atoms with Crippen LogP contribution >= 0.6 is 0 Å². The summed E-state index contributed by atoms with van der Waals surface area (Å²) in [5, 5.41) is 0. The molecule has 1 fully saturated rings. The molecule has 0 bridgehead atoms. The van der Waals surface area contributed by atoms with Crippen molar-refractivity contribution >= 4 is 17.5 Å². The molecule has 0 aromatic carbocycles. The van der Waals surface area contributed by atoms with Gasteiger partial charge in [-0.05, 0) is 18.1 Å². The Balaban J connectivity index is 1.88. The van der Waals surface area contributed by atoms with Crippen molar-refractivity contribution in [3.8, 4) is 5.75 Å². The van der Waals surface area contributed by atoms with Crippen molar-refractivity contribution in [3.63, 3.8) is 0 Å². The molecule has 0 spiro atoms. The van der Waals surface area contributed by atoms with Crippen LogP contribution < -0.4 is 9.64 Å². The molecule has 0 radical (unpaired) electrons. The first kappa shape index (κ1) is 12.1. The normalized spacial score (nSPS) is 22.4. The fraction of sp³-hybridized carbons (Fsp3) is 0.500. The molecule has 1 aromatic rings. The summed E-state index contributed by atoms with van der Waals surface area (Å²) >= 11 is 0. The van der Waals surface area contributed by atoms with Gasteiger partial charge in [-0.2, -0.15) is 0 Å². The number of ketones is 1. The fourth-order valence-corrected chi connectivity index (χ4v) is 2.56. The van der Waals surface area contributed by atoms with E-state index in [1.807, 2.05) is 0 Å². The highest BCUT2D eigenvalue weighted by Crippen LogP contribution is 2.29. The van der Waals surface area contributed by atoms with Crippen molar-refractivity contribution in [2.75, 3.05) is 18.1 Å². The average Bonchev–Trinajstić information content (AvgIpc) is 2.79. The monoisotopic (exact) mass is 260 g/mol. The molecule has 100 valence electrons. The quantitative estimate of drug-likeness (QED) is 0.805. The molecule has 2 aliphatic heterocycles. The van der Waals surface area contributed by atoms with Gasteiger partial charge in [0.05, 0.1) is 12.1 Å². The van der Waals surface area contributed by atoms with Crippen molar-refractivity contribution in [3.05, 3.63) is 17.8 Å². The molecular formula is C14H16N2O3. The van der Waals surface area contributed by atoms with E-state index in [4.69, 9.17) is 4.74 Å². The minimum absolute atomic E-state index is 0.0244. The molecule has 5 heteroatoms. The van der Waals surface area contributed by atoms with Crippen LogP contribution in [0.5, 0.6) is 5.75 Å². The zero-order valence-corrected chi connectivity index (χ0v) is 10.9. The largest absolute Gasteiger partial charge is 0.484 e. The molecule has 1 saturated heterocycles. The van der Waals surface area contributed by atoms with Crippen LogP contribution in [0.4, 0.5) is 5.82 Å². The van der Waals surface area contributed by atoms with Gasteiger partial charge in [0.15, 0.2) is 5.78 Å². The van der Waals surface area contributed by atoms with E-state index in [1.165, 1.54) is 0 Å². The van der Waals surface area contributed by atoms with Gasteiger partial charge in [-0.3, -0.25) is 14.5 Å². The van der Waals surface area contributed by atoms with Crippen LogP contribution in [0, 0.1) is 5.92 Å². The summed E-state index contributed by atoms with van der Waals surface area (Å²) < 4.78 is 5.31. The van der Waals surface area contributed by atoms with Crippen molar-refractivity contribution in [2.24, 2.45) is 5.92 Å². The second kappa shape index (κ2) is 4.64. The molecule has 0 unspecified atom stereocenters. The van der Waals surface area contributed by atoms with Gasteiger partial charge in [0.1, 0.15) is 18.2 Å². The molecule has 3 heterocycles. The Morgan fingerprint density at radius 2 is 2.26 bits per heavy atom. The standard InChI is InChI=1S/C14H16N2O3/c1-2-9-5-14(18)16(7-9)13-4-3-12-11(15-13)6-10(17)8-19-12/h3-4,9H,2,5-8H2,1H3/t9-/m1/s1. The Morgan fingerprint density at radius 1 is 1.42 bits per heavy atom. The number of aromatic nitrogens is 1. The minimum Gasteiger partial charge on any atom is -0.484 e. The van der Waals surface area contributed by atoms with Gasteiger partial charge in [-0.25, -0.2) is 4.98 Å². The van der Waals surface area contributed by atoms with E-state index >= 15 is 0 Å². The minimum atomic E-state index is 0.0244. The molecular weight excluding hydrogens is 244 g/mol. The lowest BCUT2D eigenvalue weighted by atomic mass is 10.1. The van der Waals surface area contributed by atoms with Crippen LogP contribution in [-0.4, -0.2) is 29.8 Å². The van der Waals surface area contributed by atoms with Crippen LogP contribution in [0.3, 0.4) is 0 Å². The molecule has 0 saturated carbocycles. The number of anilines is 1. The topological polar surface area (TPSA) is 59.5 Å². The molecule has 1 atom stereocenters. The number of ether oxygens (including phenoxy) is 1. The molecule has 19 heavy (non-hydrogen) atoms. The molecule has 0 aliphatic carbocycles. The molecule has 1 amide bonds. The number of fused-ring (bicyclic) bond motifs is 1. The van der Waals surface area contributed by atoms with Crippen LogP contribution in [0.25, 0.3) is 0 Å². The van der Waals surface area contributed by atoms with E-state index < -0.39 is 0 Å². The number of carbonyl (C=O) groups is 2. The van der Waals surface area contributed by atoms with Gasteiger partial charge in [0.2, 0.25) is 5.91 Å². The smallest absolute Gasteiger partial charge is 0.228 e. The van der Waals surface area contributed by atoms with E-state index in [1.54, 1.807) is 17.0 Å². The average molecular weight is 260 g/mol. The summed E-state index contributed by atoms with van der Waals surface area (Å²) in [6.45, 7) is 2.93. The lowest BCUT2D eigenvalue weighted by Gasteiger charge is -2.20. The summed E-state index contributed by atoms with van der Waals surface area (Å²) in [6, 6.07) is 3.60. The predicted molar refractivity (Wildman–Crippen MR) is 69.2 cm³/mol. The third-order valence-corrected chi connectivity index (χ3v) is 3.73. The highest BCUT2D eigenvalue weighted by molar-refractivity contribution is 5.95. The summed E-state index contributed by atoms with van der Waals surface area (Å²) in [7, 11) is 0. The maximum atomic E-state index is 12.0. The molecule has 1 aromatic heterocycles. The Morgan fingerprint density at radius 3 is 3.00 bits per heavy atom. The first-order valence-electron chi connectivity index (χ1n) is 6.62. The lowest BCUT2D eigenvalue weighted by Crippen LogP contribution is -2.27. The summed E-state index contributed by atoms with van der Waals surface area (Å²) in [5.74, 6) is 1.84. The van der Waals surface area contributed by atoms with Crippen LogP contribution in [0.2, 0.25) is 0 Å². The number of amides is 1. The third-order valence-electron chi connectivity index (χ3n) is 3.73. The number of rotatable bonds is 2. The SMILES string of the molecule is CC[C@@H]1CC(=O)N(c2ccc3c(n2)CC(=O)CO3)C1. The van der Waals surface area contributed by atoms with E-state index in [0.29, 0.717) is 36.0 Å². The first-order chi connectivity index (χ1) is 9.17. The Labute approximate surface area is 111 Å². The fourth-order valence-electron chi connectivity index (χ4n) is 2.56. The molecule has 0 N–H and O–H groups in total. The first-order valence-corrected chi connectivity index (χ1v) is 6.62. The number of Topliss-reactive ketones (excluding diaryl/α,β-unsaturated/α-hetero) is 1. The van der Waals surface area contributed by atoms with Crippen molar-refractivity contribution in [2.45, 2.75) is 26.2 Å². The van der Waals surface area contributed by atoms with Gasteiger partial charge >= 0.3 is 0 Å². The molecule has 3 rings (SSSR count). The van der Waals surface area contributed by atoms with E-state index in [9.17, 15) is 9.59 Å². The van der Waals surface area contributed by atoms with Gasteiger partial charge in [-0.15, -0.1) is 0 Å². The zero-order chi connectivity index (χ0) is 13.4. The summed E-state index contributed by atoms with van der Waals surface area (Å²) in [6.07, 6.45) is 1.88. The van der Waals surface area contributed by atoms with Crippen LogP contribution in [-0.2, 0) is 16.0 Å². The van der Waals surface area contributed by atoms with E-state index in [0.717, 1.165) is 13.0 Å². The van der Waals surface area contributed by atoms with Crippen molar-refractivity contribution < 1.29 is 14.3 Å². The lowest BCUT2D eigenvalue weighted by molar-refractivity contribution is -0.121. The van der Waals surface area contributed by atoms with Gasteiger partial charge < -0.3 is 4.74 Å². The second-order valence-corrected chi connectivity index (χ2v) is 5.10. The van der Waals surface area contributed by atoms with Crippen LogP contribution in [0.15, 0.2) is 12.1 Å². The maximum Gasteiger partial charge on any atom is 0.228 e. The number of hydrogen-bond donors (Lipinski definition) is 0. The Bertz CT molecular complexity index is 541. The van der Waals surface area contributed by atoms with Gasteiger partial charge in [-0.1, -0.05) is 13.3 Å². The second-order valence-electron chi connectivity index (χ2n) is 5.10. The highest BCUT2D eigenvalue weighted by atomic mass is 16.5. The maximum absolute atomic E-state index is 12.0. The summed E-state index contributed by atoms with van der Waals surface area (Å²) in [5.41, 5.74) is 0.640. The van der Waals surface area contributed by atoms with E-state index in [-0.39, 0.29) is 18.3 Å². The Hall–Kier alpha value is -1.91. The number of carbonyl (C=O) groups excluding carboxylic acids is 2. The summed E-state index contributed by atoms with van der Waals surface area (Å²) in [4.78, 5) is 29.5. The number of hydrogen-bond acceptors (Lipinski definition) is 4. The van der Waals surface area contributed by atoms with E-state index in [2.05, 4.69) is 11.9 Å². The third kappa shape index (κ3) is 2.20. The van der Waals surface area contributed by atoms with Gasteiger partial charge in [0.25, 0.3) is 0 Å². The van der Waals surface area contributed by atoms with Gasteiger partial charge in [0, 0.05) is 13.0 Å². The Kier molecular flexibility index (Phi) is 2.97.